The van der Waals surface area contributed by atoms with Crippen molar-refractivity contribution >= 4 is 68.4 Å². The van der Waals surface area contributed by atoms with E-state index in [0.717, 1.165) is 21.3 Å². The fourth-order valence-corrected chi connectivity index (χ4v) is 4.88. The van der Waals surface area contributed by atoms with E-state index in [4.69, 9.17) is 23.2 Å². The number of aromatic nitrogens is 3. The number of nitrogens with one attached hydrogen (secondary N) is 2. The zero-order valence-electron chi connectivity index (χ0n) is 19.9. The van der Waals surface area contributed by atoms with Crippen molar-refractivity contribution in [2.45, 2.75) is 38.9 Å². The molecule has 2 aromatic carbocycles. The van der Waals surface area contributed by atoms with Crippen molar-refractivity contribution in [2.24, 2.45) is 13.0 Å². The zero-order chi connectivity index (χ0) is 25.9. The number of carbonyl (C=O) groups is 2. The van der Waals surface area contributed by atoms with Crippen LogP contribution < -0.4 is 10.6 Å². The Morgan fingerprint density at radius 3 is 2.43 bits per heavy atom. The lowest BCUT2D eigenvalue weighted by Gasteiger charge is -2.22. The van der Waals surface area contributed by atoms with Crippen LogP contribution in [0.1, 0.15) is 47.2 Å². The third-order valence-electron chi connectivity index (χ3n) is 5.47. The second-order valence-corrected chi connectivity index (χ2v) is 11.1. The lowest BCUT2D eigenvalue weighted by Crippen LogP contribution is -2.33. The summed E-state index contributed by atoms with van der Waals surface area (Å²) in [7, 11) is 1.82. The second kappa shape index (κ2) is 11.8. The molecule has 7 nitrogen and oxygen atoms in total. The fraction of sp³-hybridized carbons (Fsp3) is 0.333. The number of anilines is 1. The molecule has 0 spiro atoms. The number of benzene rings is 2. The molecule has 0 aliphatic carbocycles. The van der Waals surface area contributed by atoms with Gasteiger partial charge in [-0.1, -0.05) is 48.8 Å². The Labute approximate surface area is 227 Å². The Kier molecular flexibility index (Phi) is 9.26. The van der Waals surface area contributed by atoms with Crippen molar-refractivity contribution in [2.75, 3.05) is 11.1 Å². The molecule has 3 aromatic rings. The first-order valence-electron chi connectivity index (χ1n) is 10.8. The summed E-state index contributed by atoms with van der Waals surface area (Å²) in [6.07, 6.45) is 0. The van der Waals surface area contributed by atoms with Crippen molar-refractivity contribution in [3.8, 4) is 0 Å². The molecule has 1 aromatic heterocycles. The molecule has 35 heavy (non-hydrogen) atoms. The van der Waals surface area contributed by atoms with E-state index < -0.39 is 6.04 Å². The molecule has 11 heteroatoms. The van der Waals surface area contributed by atoms with Crippen LogP contribution >= 0.6 is 50.9 Å². The maximum Gasteiger partial charge on any atom is 0.251 e. The normalized spacial score (nSPS) is 12.0. The molecule has 0 bridgehead atoms. The van der Waals surface area contributed by atoms with Crippen LogP contribution in [0.3, 0.4) is 0 Å². The van der Waals surface area contributed by atoms with Gasteiger partial charge in [0.1, 0.15) is 0 Å². The van der Waals surface area contributed by atoms with Crippen LogP contribution in [-0.4, -0.2) is 32.3 Å². The van der Waals surface area contributed by atoms with E-state index in [9.17, 15) is 9.59 Å². The first kappa shape index (κ1) is 27.5. The van der Waals surface area contributed by atoms with Gasteiger partial charge in [0.15, 0.2) is 11.0 Å². The summed E-state index contributed by atoms with van der Waals surface area (Å²) in [4.78, 5) is 25.4. The molecule has 186 valence electrons. The van der Waals surface area contributed by atoms with E-state index in [-0.39, 0.29) is 23.5 Å². The van der Waals surface area contributed by atoms with E-state index in [1.54, 1.807) is 16.7 Å². The van der Waals surface area contributed by atoms with E-state index in [0.29, 0.717) is 26.6 Å². The number of hydrogen-bond donors (Lipinski definition) is 2. The van der Waals surface area contributed by atoms with Gasteiger partial charge in [-0.3, -0.25) is 9.59 Å². The predicted octanol–water partition coefficient (Wildman–Crippen LogP) is 6.36. The minimum absolute atomic E-state index is 0.0351. The SMILES string of the molecule is Cc1cc(Br)c(NC(=O)CSc2nnc([C@@H](NC(=O)c3ccc(Cl)c(Cl)c3)C(C)C)n2C)cc1C. The maximum atomic E-state index is 12.8. The summed E-state index contributed by atoms with van der Waals surface area (Å²) in [5.41, 5.74) is 3.36. The van der Waals surface area contributed by atoms with Crippen molar-refractivity contribution < 1.29 is 9.59 Å². The number of amides is 2. The highest BCUT2D eigenvalue weighted by atomic mass is 79.9. The van der Waals surface area contributed by atoms with E-state index in [2.05, 4.69) is 36.8 Å². The molecular formula is C24H26BrCl2N5O2S. The third kappa shape index (κ3) is 6.78. The minimum atomic E-state index is -0.399. The summed E-state index contributed by atoms with van der Waals surface area (Å²) in [5.74, 6) is 0.337. The molecule has 1 heterocycles. The molecule has 0 radical (unpaired) electrons. The first-order chi connectivity index (χ1) is 16.5. The third-order valence-corrected chi connectivity index (χ3v) is 7.89. The lowest BCUT2D eigenvalue weighted by molar-refractivity contribution is -0.113. The van der Waals surface area contributed by atoms with Crippen LogP contribution in [0.2, 0.25) is 10.0 Å². The van der Waals surface area contributed by atoms with Gasteiger partial charge in [-0.15, -0.1) is 10.2 Å². The summed E-state index contributed by atoms with van der Waals surface area (Å²) in [6.45, 7) is 7.98. The number of hydrogen-bond acceptors (Lipinski definition) is 5. The minimum Gasteiger partial charge on any atom is -0.342 e. The summed E-state index contributed by atoms with van der Waals surface area (Å²) in [5, 5.41) is 15.7. The molecule has 1 atom stereocenters. The average molecular weight is 599 g/mol. The van der Waals surface area contributed by atoms with Gasteiger partial charge in [0.25, 0.3) is 5.91 Å². The van der Waals surface area contributed by atoms with Gasteiger partial charge in [0.2, 0.25) is 5.91 Å². The van der Waals surface area contributed by atoms with Gasteiger partial charge in [-0.25, -0.2) is 0 Å². The quantitative estimate of drug-likeness (QED) is 0.295. The highest BCUT2D eigenvalue weighted by Crippen LogP contribution is 2.28. The van der Waals surface area contributed by atoms with E-state index >= 15 is 0 Å². The smallest absolute Gasteiger partial charge is 0.251 e. The molecule has 0 saturated carbocycles. The predicted molar refractivity (Wildman–Crippen MR) is 145 cm³/mol. The topological polar surface area (TPSA) is 88.9 Å². The van der Waals surface area contributed by atoms with Crippen LogP contribution in [0.15, 0.2) is 40.0 Å². The Bertz CT molecular complexity index is 1260. The molecule has 0 fully saturated rings. The van der Waals surface area contributed by atoms with Crippen molar-refractivity contribution in [3.63, 3.8) is 0 Å². The second-order valence-electron chi connectivity index (χ2n) is 8.48. The Morgan fingerprint density at radius 1 is 1.09 bits per heavy atom. The van der Waals surface area contributed by atoms with Crippen molar-refractivity contribution in [3.05, 3.63) is 67.4 Å². The molecular weight excluding hydrogens is 573 g/mol. The van der Waals surface area contributed by atoms with E-state index in [1.165, 1.54) is 17.8 Å². The standard InChI is InChI=1S/C24H26BrCl2N5O2S/c1-12(2)21(29-23(34)15-6-7-17(26)18(27)10-15)22-30-31-24(32(22)5)35-11-20(33)28-19-9-14(4)13(3)8-16(19)25/h6-10,12,21H,11H2,1-5H3,(H,28,33)(H,29,34)/t21-/m0/s1. The number of rotatable bonds is 8. The van der Waals surface area contributed by atoms with Crippen LogP contribution in [0.5, 0.6) is 0 Å². The summed E-state index contributed by atoms with van der Waals surface area (Å²) in [6, 6.07) is 8.25. The van der Waals surface area contributed by atoms with Crippen LogP contribution in [-0.2, 0) is 11.8 Å². The number of halogens is 3. The van der Waals surface area contributed by atoms with E-state index in [1.807, 2.05) is 46.9 Å². The summed E-state index contributed by atoms with van der Waals surface area (Å²) >= 11 is 16.8. The van der Waals surface area contributed by atoms with Crippen molar-refractivity contribution in [1.82, 2.24) is 20.1 Å². The van der Waals surface area contributed by atoms with Crippen LogP contribution in [0, 0.1) is 19.8 Å². The number of aryl methyl sites for hydroxylation is 2. The van der Waals surface area contributed by atoms with Crippen LogP contribution in [0.25, 0.3) is 0 Å². The molecule has 0 saturated heterocycles. The molecule has 0 aliphatic rings. The monoisotopic (exact) mass is 597 g/mol. The largest absolute Gasteiger partial charge is 0.342 e. The van der Waals surface area contributed by atoms with Gasteiger partial charge >= 0.3 is 0 Å². The van der Waals surface area contributed by atoms with Gasteiger partial charge in [-0.05, 0) is 77.2 Å². The summed E-state index contributed by atoms with van der Waals surface area (Å²) < 4.78 is 2.63. The van der Waals surface area contributed by atoms with Crippen molar-refractivity contribution in [1.29, 1.82) is 0 Å². The lowest BCUT2D eigenvalue weighted by atomic mass is 10.0. The average Bonchev–Trinajstić information content (AvgIpc) is 3.15. The number of carbonyl (C=O) groups excluding carboxylic acids is 2. The molecule has 2 N–H and O–H groups in total. The van der Waals surface area contributed by atoms with Crippen LogP contribution in [0.4, 0.5) is 5.69 Å². The molecule has 3 rings (SSSR count). The van der Waals surface area contributed by atoms with Gasteiger partial charge < -0.3 is 15.2 Å². The highest BCUT2D eigenvalue weighted by Gasteiger charge is 2.25. The maximum absolute atomic E-state index is 12.8. The van der Waals surface area contributed by atoms with Gasteiger partial charge in [-0.2, -0.15) is 0 Å². The number of thioether (sulfide) groups is 1. The molecule has 0 unspecified atom stereocenters. The number of nitrogens with zero attached hydrogens (tertiary/aromatic N) is 3. The fourth-order valence-electron chi connectivity index (χ4n) is 3.31. The Balaban J connectivity index is 1.69. The Morgan fingerprint density at radius 2 is 1.77 bits per heavy atom. The zero-order valence-corrected chi connectivity index (χ0v) is 23.9. The highest BCUT2D eigenvalue weighted by molar-refractivity contribution is 9.10. The van der Waals surface area contributed by atoms with Gasteiger partial charge in [0, 0.05) is 17.1 Å². The molecule has 2 amide bonds. The molecule has 0 aliphatic heterocycles. The first-order valence-corrected chi connectivity index (χ1v) is 13.4. The Hall–Kier alpha value is -2.07. The van der Waals surface area contributed by atoms with Gasteiger partial charge in [0.05, 0.1) is 27.5 Å².